The number of aliphatic hydroxyl groups is 2. The highest BCUT2D eigenvalue weighted by molar-refractivity contribution is 7.47. The molecule has 9 nitrogen and oxygen atoms in total. The number of phosphoric acid groups is 1. The fourth-order valence-corrected chi connectivity index (χ4v) is 7.07. The van der Waals surface area contributed by atoms with E-state index in [4.69, 9.17) is 14.8 Å². The zero-order chi connectivity index (χ0) is 38.4. The largest absolute Gasteiger partial charge is 0.472 e. The monoisotopic (exact) mass is 759 g/mol. The molecule has 0 rings (SSSR count). The molecule has 0 aromatic carbocycles. The Morgan fingerprint density at radius 2 is 1.10 bits per heavy atom. The van der Waals surface area contributed by atoms with Crippen molar-refractivity contribution in [3.8, 4) is 0 Å². The number of carbonyl (C=O) groups excluding carboxylic acids is 1. The molecule has 0 bridgehead atoms. The van der Waals surface area contributed by atoms with Gasteiger partial charge in [0, 0.05) is 6.54 Å². The van der Waals surface area contributed by atoms with E-state index in [0.29, 0.717) is 12.8 Å². The second-order valence-electron chi connectivity index (χ2n) is 14.7. The first kappa shape index (κ1) is 50.9. The summed E-state index contributed by atoms with van der Waals surface area (Å²) in [6, 6.07) is -0.995. The number of rotatable bonds is 40. The van der Waals surface area contributed by atoms with E-state index in [1.165, 1.54) is 135 Å². The fourth-order valence-electron chi connectivity index (χ4n) is 6.31. The fraction of sp³-hybridized carbons (Fsp3) is 0.881. The van der Waals surface area contributed by atoms with Gasteiger partial charge in [0.2, 0.25) is 5.91 Å². The standard InChI is InChI=1S/C42H83N2O7P/c1-3-5-7-9-11-13-15-17-18-19-20-22-24-26-28-30-32-34-41(46)40(38-51-52(48,49)50-36-35-43)44-42(47)37-39(45)33-31-29-27-25-23-21-16-14-12-10-8-6-4-2/h24,26,32,34,39-41,45-46H,3-23,25,27-31,33,35-38,43H2,1-2H3,(H,44,47)(H,48,49)/b26-24+,34-32+. The van der Waals surface area contributed by atoms with Gasteiger partial charge in [-0.15, -0.1) is 0 Å². The van der Waals surface area contributed by atoms with Crippen molar-refractivity contribution in [2.24, 2.45) is 5.73 Å². The topological polar surface area (TPSA) is 151 Å². The average Bonchev–Trinajstić information content (AvgIpc) is 3.12. The van der Waals surface area contributed by atoms with Gasteiger partial charge in [-0.3, -0.25) is 13.8 Å². The van der Waals surface area contributed by atoms with E-state index < -0.39 is 38.6 Å². The Morgan fingerprint density at radius 3 is 1.60 bits per heavy atom. The third-order valence-corrected chi connectivity index (χ3v) is 10.6. The van der Waals surface area contributed by atoms with Crippen LogP contribution in [0.4, 0.5) is 0 Å². The summed E-state index contributed by atoms with van der Waals surface area (Å²) in [6.07, 6.45) is 39.8. The second-order valence-corrected chi connectivity index (χ2v) is 16.2. The van der Waals surface area contributed by atoms with Crippen molar-refractivity contribution < 1.29 is 33.5 Å². The molecule has 0 aliphatic rings. The van der Waals surface area contributed by atoms with E-state index in [9.17, 15) is 24.5 Å². The molecular weight excluding hydrogens is 675 g/mol. The van der Waals surface area contributed by atoms with Crippen molar-refractivity contribution in [3.63, 3.8) is 0 Å². The molecule has 52 heavy (non-hydrogen) atoms. The van der Waals surface area contributed by atoms with Crippen LogP contribution in [0.25, 0.3) is 0 Å². The first-order chi connectivity index (χ1) is 25.3. The molecular formula is C42H83N2O7P. The third-order valence-electron chi connectivity index (χ3n) is 9.58. The van der Waals surface area contributed by atoms with Gasteiger partial charge in [-0.2, -0.15) is 0 Å². The number of amides is 1. The third kappa shape index (κ3) is 35.9. The lowest BCUT2D eigenvalue weighted by Gasteiger charge is -2.24. The molecule has 308 valence electrons. The minimum atomic E-state index is -4.40. The maximum atomic E-state index is 12.8. The van der Waals surface area contributed by atoms with Gasteiger partial charge in [-0.05, 0) is 32.1 Å². The average molecular weight is 759 g/mol. The van der Waals surface area contributed by atoms with Crippen LogP contribution < -0.4 is 11.1 Å². The van der Waals surface area contributed by atoms with Gasteiger partial charge in [0.05, 0.1) is 37.9 Å². The molecule has 0 aliphatic heterocycles. The van der Waals surface area contributed by atoms with Crippen molar-refractivity contribution >= 4 is 13.7 Å². The number of hydrogen-bond donors (Lipinski definition) is 5. The van der Waals surface area contributed by atoms with Gasteiger partial charge in [-0.1, -0.05) is 186 Å². The van der Waals surface area contributed by atoms with Crippen LogP contribution >= 0.6 is 7.82 Å². The lowest BCUT2D eigenvalue weighted by Crippen LogP contribution is -2.46. The van der Waals surface area contributed by atoms with Crippen LogP contribution in [-0.4, -0.2) is 59.0 Å². The summed E-state index contributed by atoms with van der Waals surface area (Å²) in [7, 11) is -4.40. The highest BCUT2D eigenvalue weighted by Crippen LogP contribution is 2.43. The lowest BCUT2D eigenvalue weighted by atomic mass is 10.0. The SMILES string of the molecule is CCCCCCCCCCCCC/C=C/CC/C=C/C(O)C(COP(=O)(O)OCCN)NC(=O)CC(O)CCCCCCCCCCCCCCC. The predicted octanol–water partition coefficient (Wildman–Crippen LogP) is 10.8. The molecule has 4 atom stereocenters. The van der Waals surface area contributed by atoms with Gasteiger partial charge in [-0.25, -0.2) is 4.57 Å². The van der Waals surface area contributed by atoms with Gasteiger partial charge >= 0.3 is 7.82 Å². The van der Waals surface area contributed by atoms with Crippen molar-refractivity contribution in [1.82, 2.24) is 5.32 Å². The van der Waals surface area contributed by atoms with Gasteiger partial charge in [0.15, 0.2) is 0 Å². The molecule has 4 unspecified atom stereocenters. The lowest BCUT2D eigenvalue weighted by molar-refractivity contribution is -0.124. The summed E-state index contributed by atoms with van der Waals surface area (Å²) >= 11 is 0. The van der Waals surface area contributed by atoms with Crippen molar-refractivity contribution in [3.05, 3.63) is 24.3 Å². The number of phosphoric ester groups is 1. The van der Waals surface area contributed by atoms with Crippen LogP contribution in [0.15, 0.2) is 24.3 Å². The van der Waals surface area contributed by atoms with E-state index >= 15 is 0 Å². The molecule has 0 heterocycles. The molecule has 6 N–H and O–H groups in total. The minimum absolute atomic E-state index is 0.0460. The minimum Gasteiger partial charge on any atom is -0.393 e. The Kier molecular flexibility index (Phi) is 37.4. The molecule has 0 radical (unpaired) electrons. The number of nitrogens with two attached hydrogens (primary N) is 1. The molecule has 1 amide bonds. The van der Waals surface area contributed by atoms with Crippen LogP contribution in [0.1, 0.15) is 200 Å². The van der Waals surface area contributed by atoms with Crippen molar-refractivity contribution in [2.75, 3.05) is 19.8 Å². The Hall–Kier alpha value is -1.06. The number of allylic oxidation sites excluding steroid dienone is 3. The number of unbranched alkanes of at least 4 members (excludes halogenated alkanes) is 24. The maximum absolute atomic E-state index is 12.8. The Morgan fingerprint density at radius 1 is 0.654 bits per heavy atom. The maximum Gasteiger partial charge on any atom is 0.472 e. The zero-order valence-electron chi connectivity index (χ0n) is 33.7. The van der Waals surface area contributed by atoms with Crippen LogP contribution in [-0.2, 0) is 18.4 Å². The highest BCUT2D eigenvalue weighted by Gasteiger charge is 2.27. The Labute approximate surface area is 320 Å². The van der Waals surface area contributed by atoms with Crippen molar-refractivity contribution in [1.29, 1.82) is 0 Å². The quantitative estimate of drug-likeness (QED) is 0.0235. The van der Waals surface area contributed by atoms with Gasteiger partial charge < -0.3 is 26.2 Å². The van der Waals surface area contributed by atoms with E-state index in [-0.39, 0.29) is 19.6 Å². The molecule has 0 aliphatic carbocycles. The second kappa shape index (κ2) is 38.2. The smallest absolute Gasteiger partial charge is 0.393 e. The molecule has 0 aromatic rings. The normalized spacial score (nSPS) is 15.0. The number of nitrogens with one attached hydrogen (secondary N) is 1. The number of aliphatic hydroxyl groups excluding tert-OH is 2. The number of carbonyl (C=O) groups is 1. The van der Waals surface area contributed by atoms with E-state index in [2.05, 4.69) is 31.3 Å². The van der Waals surface area contributed by atoms with E-state index in [0.717, 1.165) is 32.1 Å². The van der Waals surface area contributed by atoms with Crippen LogP contribution in [0.5, 0.6) is 0 Å². The molecule has 0 spiro atoms. The summed E-state index contributed by atoms with van der Waals surface area (Å²) in [5, 5.41) is 24.0. The van der Waals surface area contributed by atoms with Crippen molar-refractivity contribution in [2.45, 2.75) is 218 Å². The van der Waals surface area contributed by atoms with Crippen LogP contribution in [0.3, 0.4) is 0 Å². The van der Waals surface area contributed by atoms with Gasteiger partial charge in [0.1, 0.15) is 0 Å². The van der Waals surface area contributed by atoms with Crippen LogP contribution in [0, 0.1) is 0 Å². The Balaban J connectivity index is 4.39. The van der Waals surface area contributed by atoms with E-state index in [1.807, 2.05) is 6.08 Å². The molecule has 0 fully saturated rings. The predicted molar refractivity (Wildman–Crippen MR) is 218 cm³/mol. The van der Waals surface area contributed by atoms with Gasteiger partial charge in [0.25, 0.3) is 0 Å². The molecule has 0 aromatic heterocycles. The molecule has 0 saturated heterocycles. The van der Waals surface area contributed by atoms with E-state index in [1.54, 1.807) is 6.08 Å². The van der Waals surface area contributed by atoms with Crippen LogP contribution in [0.2, 0.25) is 0 Å². The summed E-state index contributed by atoms with van der Waals surface area (Å²) in [4.78, 5) is 22.7. The summed E-state index contributed by atoms with van der Waals surface area (Å²) < 4.78 is 22.0. The Bertz CT molecular complexity index is 888. The molecule has 0 saturated carbocycles. The number of hydrogen-bond acceptors (Lipinski definition) is 7. The molecule has 10 heteroatoms. The summed E-state index contributed by atoms with van der Waals surface area (Å²) in [5.41, 5.74) is 5.36. The summed E-state index contributed by atoms with van der Waals surface area (Å²) in [6.45, 7) is 3.95. The highest BCUT2D eigenvalue weighted by atomic mass is 31.2. The first-order valence-electron chi connectivity index (χ1n) is 21.5. The summed E-state index contributed by atoms with van der Waals surface area (Å²) in [5.74, 6) is -0.454. The zero-order valence-corrected chi connectivity index (χ0v) is 34.6. The first-order valence-corrected chi connectivity index (χ1v) is 23.0.